The Balaban J connectivity index is 2.16. The van der Waals surface area contributed by atoms with Gasteiger partial charge in [0.15, 0.2) is 0 Å². The van der Waals surface area contributed by atoms with E-state index >= 15 is 0 Å². The van der Waals surface area contributed by atoms with Crippen LogP contribution in [0.15, 0.2) is 23.7 Å². The number of hydrogen-bond acceptors (Lipinski definition) is 5. The molecule has 19 heavy (non-hydrogen) atoms. The van der Waals surface area contributed by atoms with E-state index < -0.39 is 6.04 Å². The van der Waals surface area contributed by atoms with Gasteiger partial charge in [0.25, 0.3) is 0 Å². The summed E-state index contributed by atoms with van der Waals surface area (Å²) in [4.78, 5) is 13.1. The largest absolute Gasteiger partial charge is 0.468 e. The first-order chi connectivity index (χ1) is 9.13. The van der Waals surface area contributed by atoms with Gasteiger partial charge >= 0.3 is 5.97 Å². The maximum absolute atomic E-state index is 11.9. The normalized spacial score (nSPS) is 12.4. The number of carbonyl (C=O) groups is 1. The fourth-order valence-corrected chi connectivity index (χ4v) is 2.51. The molecule has 0 aliphatic carbocycles. The number of ether oxygens (including phenoxy) is 1. The number of aromatic nitrogens is 2. The van der Waals surface area contributed by atoms with Crippen LogP contribution in [0.5, 0.6) is 0 Å². The fraction of sp³-hybridized carbons (Fsp3) is 0.385. The maximum atomic E-state index is 11.9. The lowest BCUT2D eigenvalue weighted by Crippen LogP contribution is -2.29. The Morgan fingerprint density at radius 1 is 1.63 bits per heavy atom. The molecule has 0 saturated heterocycles. The van der Waals surface area contributed by atoms with Crippen molar-refractivity contribution in [2.24, 2.45) is 7.05 Å². The van der Waals surface area contributed by atoms with Gasteiger partial charge in [0.05, 0.1) is 13.3 Å². The summed E-state index contributed by atoms with van der Waals surface area (Å²) in [7, 11) is 3.25. The van der Waals surface area contributed by atoms with Crippen molar-refractivity contribution >= 4 is 17.3 Å². The number of carbonyl (C=O) groups excluding carboxylic acids is 1. The van der Waals surface area contributed by atoms with E-state index in [9.17, 15) is 4.79 Å². The van der Waals surface area contributed by atoms with Crippen LogP contribution in [0, 0.1) is 6.92 Å². The third-order valence-electron chi connectivity index (χ3n) is 3.08. The molecule has 0 radical (unpaired) electrons. The lowest BCUT2D eigenvalue weighted by atomic mass is 10.1. The zero-order valence-corrected chi connectivity index (χ0v) is 12.0. The SMILES string of the molecule is COC(=O)C(NCc1cccs1)c1cnn(C)c1C. The minimum atomic E-state index is -0.485. The number of nitrogens with one attached hydrogen (secondary N) is 1. The molecular weight excluding hydrogens is 262 g/mol. The standard InChI is InChI=1S/C13H17N3O2S/c1-9-11(8-15-16(9)2)12(13(17)18-3)14-7-10-5-4-6-19-10/h4-6,8,12,14H,7H2,1-3H3. The summed E-state index contributed by atoms with van der Waals surface area (Å²) in [6.07, 6.45) is 1.71. The molecule has 0 aliphatic rings. The van der Waals surface area contributed by atoms with E-state index in [0.29, 0.717) is 6.54 Å². The molecule has 6 heteroatoms. The average Bonchev–Trinajstić information content (AvgIpc) is 3.03. The van der Waals surface area contributed by atoms with Gasteiger partial charge in [-0.25, -0.2) is 4.79 Å². The van der Waals surface area contributed by atoms with Gasteiger partial charge in [-0.15, -0.1) is 11.3 Å². The second kappa shape index (κ2) is 5.99. The van der Waals surface area contributed by atoms with E-state index in [1.54, 1.807) is 22.2 Å². The second-order valence-corrected chi connectivity index (χ2v) is 5.26. The summed E-state index contributed by atoms with van der Waals surface area (Å²) in [6.45, 7) is 2.57. The van der Waals surface area contributed by atoms with E-state index in [-0.39, 0.29) is 5.97 Å². The number of methoxy groups -OCH3 is 1. The summed E-state index contributed by atoms with van der Waals surface area (Å²) < 4.78 is 6.61. The highest BCUT2D eigenvalue weighted by Gasteiger charge is 2.24. The van der Waals surface area contributed by atoms with Crippen LogP contribution in [0.25, 0.3) is 0 Å². The molecule has 0 aliphatic heterocycles. The monoisotopic (exact) mass is 279 g/mol. The van der Waals surface area contributed by atoms with E-state index in [1.165, 1.54) is 12.0 Å². The van der Waals surface area contributed by atoms with Gasteiger partial charge in [-0.05, 0) is 18.4 Å². The summed E-state index contributed by atoms with van der Waals surface area (Å²) in [5, 5.41) is 9.41. The van der Waals surface area contributed by atoms with Crippen LogP contribution in [0.2, 0.25) is 0 Å². The molecule has 1 N–H and O–H groups in total. The first-order valence-corrected chi connectivity index (χ1v) is 6.83. The molecule has 0 spiro atoms. The third kappa shape index (κ3) is 3.02. The molecule has 1 atom stereocenters. The Hall–Kier alpha value is -1.66. The first-order valence-electron chi connectivity index (χ1n) is 5.95. The number of nitrogens with zero attached hydrogens (tertiary/aromatic N) is 2. The van der Waals surface area contributed by atoms with E-state index in [2.05, 4.69) is 10.4 Å². The summed E-state index contributed by atoms with van der Waals surface area (Å²) >= 11 is 1.65. The van der Waals surface area contributed by atoms with Gasteiger partial charge in [0.2, 0.25) is 0 Å². The molecule has 2 rings (SSSR count). The predicted octanol–water partition coefficient (Wildman–Crippen LogP) is 1.79. The van der Waals surface area contributed by atoms with Crippen molar-refractivity contribution in [1.29, 1.82) is 0 Å². The van der Waals surface area contributed by atoms with Gasteiger partial charge in [-0.2, -0.15) is 5.10 Å². The molecule has 102 valence electrons. The number of rotatable bonds is 5. The smallest absolute Gasteiger partial charge is 0.327 e. The van der Waals surface area contributed by atoms with Crippen molar-refractivity contribution in [3.63, 3.8) is 0 Å². The van der Waals surface area contributed by atoms with Crippen LogP contribution in [0.4, 0.5) is 0 Å². The number of aryl methyl sites for hydroxylation is 1. The molecular formula is C13H17N3O2S. The van der Waals surface area contributed by atoms with Crippen molar-refractivity contribution in [1.82, 2.24) is 15.1 Å². The van der Waals surface area contributed by atoms with Gasteiger partial charge in [-0.1, -0.05) is 6.07 Å². The van der Waals surface area contributed by atoms with Crippen molar-refractivity contribution in [2.75, 3.05) is 7.11 Å². The van der Waals surface area contributed by atoms with Crippen molar-refractivity contribution in [3.8, 4) is 0 Å². The van der Waals surface area contributed by atoms with Crippen LogP contribution in [0.3, 0.4) is 0 Å². The number of hydrogen-bond donors (Lipinski definition) is 1. The summed E-state index contributed by atoms with van der Waals surface area (Å²) in [6, 6.07) is 3.53. The molecule has 0 amide bonds. The van der Waals surface area contributed by atoms with Gasteiger partial charge in [-0.3, -0.25) is 10.00 Å². The predicted molar refractivity (Wildman–Crippen MR) is 73.9 cm³/mol. The first kappa shape index (κ1) is 13.8. The number of thiophene rings is 1. The Kier molecular flexibility index (Phi) is 4.34. The summed E-state index contributed by atoms with van der Waals surface area (Å²) in [5.74, 6) is -0.298. The highest BCUT2D eigenvalue weighted by molar-refractivity contribution is 7.09. The van der Waals surface area contributed by atoms with Gasteiger partial charge in [0, 0.05) is 29.7 Å². The molecule has 0 bridgehead atoms. The van der Waals surface area contributed by atoms with Crippen LogP contribution in [0.1, 0.15) is 22.2 Å². The molecule has 2 aromatic heterocycles. The summed E-state index contributed by atoms with van der Waals surface area (Å²) in [5.41, 5.74) is 1.81. The lowest BCUT2D eigenvalue weighted by molar-refractivity contribution is -0.143. The molecule has 2 heterocycles. The zero-order valence-electron chi connectivity index (χ0n) is 11.2. The van der Waals surface area contributed by atoms with E-state index in [0.717, 1.165) is 11.3 Å². The number of esters is 1. The maximum Gasteiger partial charge on any atom is 0.327 e. The minimum absolute atomic E-state index is 0.298. The quantitative estimate of drug-likeness (QED) is 0.848. The molecule has 1 unspecified atom stereocenters. The molecule has 0 saturated carbocycles. The average molecular weight is 279 g/mol. The van der Waals surface area contributed by atoms with Crippen molar-refractivity contribution in [2.45, 2.75) is 19.5 Å². The second-order valence-electron chi connectivity index (χ2n) is 4.23. The van der Waals surface area contributed by atoms with Crippen LogP contribution < -0.4 is 5.32 Å². The zero-order chi connectivity index (χ0) is 13.8. The Morgan fingerprint density at radius 3 is 2.95 bits per heavy atom. The van der Waals surface area contributed by atoms with Gasteiger partial charge < -0.3 is 4.74 Å². The molecule has 0 aromatic carbocycles. The van der Waals surface area contributed by atoms with Crippen LogP contribution in [-0.4, -0.2) is 22.9 Å². The van der Waals surface area contributed by atoms with E-state index in [1.807, 2.05) is 31.5 Å². The van der Waals surface area contributed by atoms with Crippen LogP contribution >= 0.6 is 11.3 Å². The Morgan fingerprint density at radius 2 is 2.42 bits per heavy atom. The Labute approximate surface area is 116 Å². The topological polar surface area (TPSA) is 56.1 Å². The highest BCUT2D eigenvalue weighted by atomic mass is 32.1. The Bertz CT molecular complexity index is 548. The third-order valence-corrected chi connectivity index (χ3v) is 3.96. The molecule has 0 fully saturated rings. The van der Waals surface area contributed by atoms with Crippen LogP contribution in [-0.2, 0) is 23.1 Å². The van der Waals surface area contributed by atoms with E-state index in [4.69, 9.17) is 4.74 Å². The molecule has 2 aromatic rings. The van der Waals surface area contributed by atoms with Gasteiger partial charge in [0.1, 0.15) is 6.04 Å². The lowest BCUT2D eigenvalue weighted by Gasteiger charge is -2.15. The highest BCUT2D eigenvalue weighted by Crippen LogP contribution is 2.19. The van der Waals surface area contributed by atoms with Crippen molar-refractivity contribution < 1.29 is 9.53 Å². The molecule has 5 nitrogen and oxygen atoms in total. The minimum Gasteiger partial charge on any atom is -0.468 e. The van der Waals surface area contributed by atoms with Crippen molar-refractivity contribution in [3.05, 3.63) is 39.8 Å². The fourth-order valence-electron chi connectivity index (χ4n) is 1.85.